The molecule has 1 aliphatic carbocycles. The number of aryl methyl sites for hydroxylation is 1. The molecule has 2 rings (SSSR count). The van der Waals surface area contributed by atoms with Gasteiger partial charge in [0.25, 0.3) is 0 Å². The summed E-state index contributed by atoms with van der Waals surface area (Å²) >= 11 is 0. The van der Waals surface area contributed by atoms with Gasteiger partial charge in [-0.15, -0.1) is 0 Å². The number of carbonyl (C=O) groups excluding carboxylic acids is 2. The minimum atomic E-state index is 0.0183. The van der Waals surface area contributed by atoms with Crippen LogP contribution in [0.4, 0.5) is 5.69 Å². The highest BCUT2D eigenvalue weighted by molar-refractivity contribution is 5.93. The summed E-state index contributed by atoms with van der Waals surface area (Å²) in [6, 6.07) is 5.99. The molecule has 1 aliphatic rings. The Morgan fingerprint density at radius 1 is 1.00 bits per heavy atom. The van der Waals surface area contributed by atoms with Gasteiger partial charge in [0.1, 0.15) is 0 Å². The molecule has 1 aromatic rings. The molecule has 0 atom stereocenters. The van der Waals surface area contributed by atoms with Crippen LogP contribution in [-0.4, -0.2) is 29.8 Å². The second-order valence-electron chi connectivity index (χ2n) is 7.61. The number of anilines is 1. The molecule has 1 aromatic carbocycles. The van der Waals surface area contributed by atoms with Gasteiger partial charge in [0.15, 0.2) is 0 Å². The summed E-state index contributed by atoms with van der Waals surface area (Å²) in [6.45, 7) is 10.0. The Bertz CT molecular complexity index is 613. The topological polar surface area (TPSA) is 49.4 Å². The van der Waals surface area contributed by atoms with E-state index in [1.165, 1.54) is 5.56 Å². The van der Waals surface area contributed by atoms with Crippen molar-refractivity contribution < 1.29 is 9.59 Å². The Labute approximate surface area is 158 Å². The van der Waals surface area contributed by atoms with E-state index in [4.69, 9.17) is 0 Å². The van der Waals surface area contributed by atoms with Gasteiger partial charge < -0.3 is 10.2 Å². The van der Waals surface area contributed by atoms with Crippen molar-refractivity contribution >= 4 is 17.5 Å². The second-order valence-corrected chi connectivity index (χ2v) is 7.61. The van der Waals surface area contributed by atoms with Crippen molar-refractivity contribution in [2.75, 3.05) is 18.4 Å². The highest BCUT2D eigenvalue weighted by Crippen LogP contribution is 2.31. The average molecular weight is 359 g/mol. The molecule has 1 fully saturated rings. The van der Waals surface area contributed by atoms with Crippen molar-refractivity contribution in [3.63, 3.8) is 0 Å². The van der Waals surface area contributed by atoms with Gasteiger partial charge in [-0.25, -0.2) is 0 Å². The molecule has 0 bridgehead atoms. The smallest absolute Gasteiger partial charge is 0.227 e. The van der Waals surface area contributed by atoms with E-state index in [0.717, 1.165) is 62.9 Å². The maximum absolute atomic E-state index is 12.8. The van der Waals surface area contributed by atoms with E-state index in [9.17, 15) is 9.59 Å². The minimum absolute atomic E-state index is 0.0183. The lowest BCUT2D eigenvalue weighted by Crippen LogP contribution is -2.39. The lowest BCUT2D eigenvalue weighted by Gasteiger charge is -2.31. The largest absolute Gasteiger partial charge is 0.342 e. The number of amides is 2. The van der Waals surface area contributed by atoms with Crippen molar-refractivity contribution in [1.29, 1.82) is 0 Å². The van der Waals surface area contributed by atoms with Gasteiger partial charge in [-0.3, -0.25) is 9.59 Å². The number of hydrogen-bond acceptors (Lipinski definition) is 2. The van der Waals surface area contributed by atoms with Gasteiger partial charge >= 0.3 is 0 Å². The van der Waals surface area contributed by atoms with E-state index in [1.807, 2.05) is 24.0 Å². The summed E-state index contributed by atoms with van der Waals surface area (Å²) < 4.78 is 0. The predicted molar refractivity (Wildman–Crippen MR) is 107 cm³/mol. The quantitative estimate of drug-likeness (QED) is 0.768. The Morgan fingerprint density at radius 3 is 2.15 bits per heavy atom. The second kappa shape index (κ2) is 9.75. The van der Waals surface area contributed by atoms with Crippen LogP contribution in [0.25, 0.3) is 0 Å². The number of nitrogens with one attached hydrogen (secondary N) is 1. The van der Waals surface area contributed by atoms with Crippen molar-refractivity contribution in [2.24, 2.45) is 11.8 Å². The lowest BCUT2D eigenvalue weighted by atomic mass is 9.80. The van der Waals surface area contributed by atoms with Gasteiger partial charge in [0.05, 0.1) is 0 Å². The fourth-order valence-electron chi connectivity index (χ4n) is 3.85. The van der Waals surface area contributed by atoms with Crippen molar-refractivity contribution in [3.05, 3.63) is 29.3 Å². The molecule has 0 saturated heterocycles. The first-order valence-electron chi connectivity index (χ1n) is 10.1. The SMILES string of the molecule is CCCN(CCC)C(=O)C1CCC(C(=O)Nc2cccc(C)c2C)CC1. The average Bonchev–Trinajstić information content (AvgIpc) is 2.65. The van der Waals surface area contributed by atoms with Gasteiger partial charge in [-0.1, -0.05) is 26.0 Å². The summed E-state index contributed by atoms with van der Waals surface area (Å²) in [5, 5.41) is 3.09. The Balaban J connectivity index is 1.90. The van der Waals surface area contributed by atoms with Crippen LogP contribution in [0, 0.1) is 25.7 Å². The summed E-state index contributed by atoms with van der Waals surface area (Å²) in [5.74, 6) is 0.508. The third kappa shape index (κ3) is 5.09. The molecule has 1 N–H and O–H groups in total. The normalized spacial score (nSPS) is 19.8. The van der Waals surface area contributed by atoms with E-state index >= 15 is 0 Å². The molecule has 4 heteroatoms. The molecule has 4 nitrogen and oxygen atoms in total. The molecular weight excluding hydrogens is 324 g/mol. The predicted octanol–water partition coefficient (Wildman–Crippen LogP) is 4.70. The Morgan fingerprint density at radius 2 is 1.58 bits per heavy atom. The Kier molecular flexibility index (Phi) is 7.67. The molecule has 0 aromatic heterocycles. The van der Waals surface area contributed by atoms with Crippen molar-refractivity contribution in [1.82, 2.24) is 4.90 Å². The molecule has 0 heterocycles. The number of benzene rings is 1. The van der Waals surface area contributed by atoms with Crippen molar-refractivity contribution in [3.8, 4) is 0 Å². The third-order valence-corrected chi connectivity index (χ3v) is 5.61. The van der Waals surface area contributed by atoms with Crippen molar-refractivity contribution in [2.45, 2.75) is 66.2 Å². The molecule has 0 radical (unpaired) electrons. The van der Waals surface area contributed by atoms with Crippen LogP contribution in [0.3, 0.4) is 0 Å². The zero-order valence-electron chi connectivity index (χ0n) is 16.8. The Hall–Kier alpha value is -1.84. The van der Waals surface area contributed by atoms with Crippen LogP contribution in [0.15, 0.2) is 18.2 Å². The van der Waals surface area contributed by atoms with Crippen LogP contribution >= 0.6 is 0 Å². The van der Waals surface area contributed by atoms with Crippen LogP contribution in [0.5, 0.6) is 0 Å². The fraction of sp³-hybridized carbons (Fsp3) is 0.636. The van der Waals surface area contributed by atoms with Gasteiger partial charge in [0, 0.05) is 30.6 Å². The molecule has 26 heavy (non-hydrogen) atoms. The van der Waals surface area contributed by atoms with Crippen LogP contribution < -0.4 is 5.32 Å². The summed E-state index contributed by atoms with van der Waals surface area (Å²) in [7, 11) is 0. The molecule has 0 spiro atoms. The summed E-state index contributed by atoms with van der Waals surface area (Å²) in [4.78, 5) is 27.4. The number of hydrogen-bond donors (Lipinski definition) is 1. The summed E-state index contributed by atoms with van der Waals surface area (Å²) in [6.07, 6.45) is 5.26. The first-order chi connectivity index (χ1) is 12.5. The zero-order chi connectivity index (χ0) is 19.1. The van der Waals surface area contributed by atoms with Crippen LogP contribution in [0.2, 0.25) is 0 Å². The van der Waals surface area contributed by atoms with E-state index in [-0.39, 0.29) is 17.7 Å². The van der Waals surface area contributed by atoms with Gasteiger partial charge in [0.2, 0.25) is 11.8 Å². The number of carbonyl (C=O) groups is 2. The zero-order valence-corrected chi connectivity index (χ0v) is 16.8. The minimum Gasteiger partial charge on any atom is -0.342 e. The highest BCUT2D eigenvalue weighted by Gasteiger charge is 2.32. The molecule has 0 unspecified atom stereocenters. The highest BCUT2D eigenvalue weighted by atomic mass is 16.2. The summed E-state index contributed by atoms with van der Waals surface area (Å²) in [5.41, 5.74) is 3.22. The molecule has 2 amide bonds. The maximum Gasteiger partial charge on any atom is 0.227 e. The number of nitrogens with zero attached hydrogens (tertiary/aromatic N) is 1. The molecule has 144 valence electrons. The molecular formula is C22H34N2O2. The van der Waals surface area contributed by atoms with Gasteiger partial charge in [-0.05, 0) is 69.6 Å². The molecule has 0 aliphatic heterocycles. The lowest BCUT2D eigenvalue weighted by molar-refractivity contribution is -0.138. The van der Waals surface area contributed by atoms with Crippen LogP contribution in [-0.2, 0) is 9.59 Å². The first-order valence-corrected chi connectivity index (χ1v) is 10.1. The van der Waals surface area contributed by atoms with E-state index in [1.54, 1.807) is 0 Å². The number of rotatable bonds is 7. The van der Waals surface area contributed by atoms with E-state index in [0.29, 0.717) is 5.91 Å². The van der Waals surface area contributed by atoms with Crippen LogP contribution in [0.1, 0.15) is 63.5 Å². The van der Waals surface area contributed by atoms with Gasteiger partial charge in [-0.2, -0.15) is 0 Å². The third-order valence-electron chi connectivity index (χ3n) is 5.61. The standard InChI is InChI=1S/C22H34N2O2/c1-5-14-24(15-6-2)22(26)19-12-10-18(11-13-19)21(25)23-20-9-7-8-16(3)17(20)4/h7-9,18-19H,5-6,10-15H2,1-4H3,(H,23,25). The van der Waals surface area contributed by atoms with E-state index < -0.39 is 0 Å². The van der Waals surface area contributed by atoms with E-state index in [2.05, 4.69) is 32.2 Å². The monoisotopic (exact) mass is 358 g/mol. The maximum atomic E-state index is 12.8. The molecule has 1 saturated carbocycles. The first kappa shape index (κ1) is 20.5. The fourth-order valence-corrected chi connectivity index (χ4v) is 3.85.